The molecular weight excluding hydrogens is 284 g/mol. The Bertz CT molecular complexity index is 781. The number of aromatic nitrogens is 1. The van der Waals surface area contributed by atoms with Gasteiger partial charge >= 0.3 is 4.87 Å². The molecule has 0 aliphatic heterocycles. The van der Waals surface area contributed by atoms with Crippen LogP contribution in [0.5, 0.6) is 0 Å². The summed E-state index contributed by atoms with van der Waals surface area (Å²) in [4.78, 5) is 24.3. The van der Waals surface area contributed by atoms with Crippen molar-refractivity contribution in [2.24, 2.45) is 0 Å². The van der Waals surface area contributed by atoms with Crippen molar-refractivity contribution < 1.29 is 0 Å². The second-order valence-electron chi connectivity index (χ2n) is 6.11. The lowest BCUT2D eigenvalue weighted by Gasteiger charge is -2.21. The van der Waals surface area contributed by atoms with Crippen molar-refractivity contribution in [3.8, 4) is 0 Å². The minimum atomic E-state index is -0.244. The molecule has 0 fully saturated rings. The van der Waals surface area contributed by atoms with Crippen molar-refractivity contribution in [3.63, 3.8) is 0 Å². The fourth-order valence-electron chi connectivity index (χ4n) is 1.92. The van der Waals surface area contributed by atoms with Crippen LogP contribution in [-0.2, 0) is 6.54 Å². The van der Waals surface area contributed by atoms with E-state index in [4.69, 9.17) is 0 Å². The Morgan fingerprint density at radius 1 is 1.29 bits per heavy atom. The highest BCUT2D eigenvalue weighted by Crippen LogP contribution is 2.11. The SMILES string of the molecule is C=C(CNC(C)(C)C)Cn1c(=O)sc2ccccc2c1=O. The normalized spacial score (nSPS) is 11.8. The van der Waals surface area contributed by atoms with Crippen molar-refractivity contribution in [1.29, 1.82) is 0 Å². The molecule has 0 radical (unpaired) electrons. The lowest BCUT2D eigenvalue weighted by molar-refractivity contribution is 0.439. The van der Waals surface area contributed by atoms with Gasteiger partial charge in [-0.3, -0.25) is 14.2 Å². The van der Waals surface area contributed by atoms with Crippen LogP contribution in [0.15, 0.2) is 46.0 Å². The smallest absolute Gasteiger partial charge is 0.308 e. The molecule has 0 aliphatic rings. The van der Waals surface area contributed by atoms with Gasteiger partial charge in [0.2, 0.25) is 0 Å². The summed E-state index contributed by atoms with van der Waals surface area (Å²) < 4.78 is 1.99. The Labute approximate surface area is 127 Å². The van der Waals surface area contributed by atoms with Gasteiger partial charge in [0.05, 0.1) is 11.9 Å². The summed E-state index contributed by atoms with van der Waals surface area (Å²) in [6.45, 7) is 11.0. The summed E-state index contributed by atoms with van der Waals surface area (Å²) in [7, 11) is 0. The molecule has 0 amide bonds. The predicted octanol–water partition coefficient (Wildman–Crippen LogP) is 2.37. The van der Waals surface area contributed by atoms with Gasteiger partial charge in [-0.05, 0) is 38.5 Å². The molecule has 0 atom stereocenters. The van der Waals surface area contributed by atoms with Gasteiger partial charge in [0.25, 0.3) is 5.56 Å². The topological polar surface area (TPSA) is 51.1 Å². The van der Waals surface area contributed by atoms with Crippen molar-refractivity contribution in [2.75, 3.05) is 6.54 Å². The maximum atomic E-state index is 12.4. The fraction of sp³-hybridized carbons (Fsp3) is 0.375. The summed E-state index contributed by atoms with van der Waals surface area (Å²) in [6.07, 6.45) is 0. The molecule has 112 valence electrons. The molecular formula is C16H20N2O2S. The summed E-state index contributed by atoms with van der Waals surface area (Å²) in [5.74, 6) is 0. The van der Waals surface area contributed by atoms with E-state index >= 15 is 0 Å². The average molecular weight is 304 g/mol. The summed E-state index contributed by atoms with van der Waals surface area (Å²) >= 11 is 1.09. The number of nitrogens with one attached hydrogen (secondary N) is 1. The van der Waals surface area contributed by atoms with Gasteiger partial charge in [-0.15, -0.1) is 0 Å². The Morgan fingerprint density at radius 3 is 2.62 bits per heavy atom. The van der Waals surface area contributed by atoms with E-state index in [2.05, 4.69) is 32.7 Å². The molecule has 1 heterocycles. The van der Waals surface area contributed by atoms with Gasteiger partial charge in [-0.25, -0.2) is 0 Å². The highest BCUT2D eigenvalue weighted by molar-refractivity contribution is 7.16. The van der Waals surface area contributed by atoms with E-state index < -0.39 is 0 Å². The number of benzene rings is 1. The minimum Gasteiger partial charge on any atom is -0.308 e. The maximum Gasteiger partial charge on any atom is 0.310 e. The summed E-state index contributed by atoms with van der Waals surface area (Å²) in [5, 5.41) is 3.89. The van der Waals surface area contributed by atoms with E-state index in [0.717, 1.165) is 21.6 Å². The molecule has 1 aromatic heterocycles. The second kappa shape index (κ2) is 5.95. The van der Waals surface area contributed by atoms with Gasteiger partial charge in [-0.2, -0.15) is 0 Å². The van der Waals surface area contributed by atoms with Gasteiger partial charge in [0.15, 0.2) is 0 Å². The number of hydrogen-bond donors (Lipinski definition) is 1. The minimum absolute atomic E-state index is 0.0276. The van der Waals surface area contributed by atoms with Crippen molar-refractivity contribution >= 4 is 21.4 Å². The largest absolute Gasteiger partial charge is 0.310 e. The maximum absolute atomic E-state index is 12.4. The average Bonchev–Trinajstić information content (AvgIpc) is 2.40. The Morgan fingerprint density at radius 2 is 1.95 bits per heavy atom. The molecule has 1 N–H and O–H groups in total. The van der Waals surface area contributed by atoms with Crippen LogP contribution in [0, 0.1) is 0 Å². The van der Waals surface area contributed by atoms with Crippen LogP contribution < -0.4 is 15.7 Å². The van der Waals surface area contributed by atoms with E-state index in [1.807, 2.05) is 6.07 Å². The molecule has 21 heavy (non-hydrogen) atoms. The highest BCUT2D eigenvalue weighted by Gasteiger charge is 2.11. The second-order valence-corrected chi connectivity index (χ2v) is 7.10. The molecule has 0 saturated carbocycles. The van der Waals surface area contributed by atoms with Gasteiger partial charge in [0, 0.05) is 16.8 Å². The van der Waals surface area contributed by atoms with Gasteiger partial charge in [-0.1, -0.05) is 30.0 Å². The van der Waals surface area contributed by atoms with Crippen molar-refractivity contribution in [3.05, 3.63) is 56.4 Å². The molecule has 0 bridgehead atoms. The van der Waals surface area contributed by atoms with Crippen molar-refractivity contribution in [1.82, 2.24) is 9.88 Å². The zero-order valence-electron chi connectivity index (χ0n) is 12.6. The Balaban J connectivity index is 2.29. The van der Waals surface area contributed by atoms with Gasteiger partial charge in [0.1, 0.15) is 0 Å². The molecule has 1 aromatic carbocycles. The first-order valence-corrected chi connectivity index (χ1v) is 7.64. The van der Waals surface area contributed by atoms with Crippen LogP contribution in [0.4, 0.5) is 0 Å². The lowest BCUT2D eigenvalue weighted by Crippen LogP contribution is -2.39. The molecule has 0 spiro atoms. The Kier molecular flexibility index (Phi) is 4.44. The Hall–Kier alpha value is -1.72. The van der Waals surface area contributed by atoms with E-state index in [1.165, 1.54) is 4.57 Å². The first-order chi connectivity index (χ1) is 9.78. The van der Waals surface area contributed by atoms with E-state index in [-0.39, 0.29) is 22.5 Å². The zero-order chi connectivity index (χ0) is 15.6. The molecule has 0 unspecified atom stereocenters. The van der Waals surface area contributed by atoms with Crippen LogP contribution in [0.3, 0.4) is 0 Å². The van der Waals surface area contributed by atoms with E-state index in [1.54, 1.807) is 18.2 Å². The first kappa shape index (κ1) is 15.7. The lowest BCUT2D eigenvalue weighted by atomic mass is 10.1. The summed E-state index contributed by atoms with van der Waals surface area (Å²) in [5.41, 5.74) is 0.540. The molecule has 4 nitrogen and oxygen atoms in total. The van der Waals surface area contributed by atoms with Crippen LogP contribution in [0.1, 0.15) is 20.8 Å². The molecule has 2 rings (SSSR count). The zero-order valence-corrected chi connectivity index (χ0v) is 13.4. The number of rotatable bonds is 4. The molecule has 5 heteroatoms. The standard InChI is InChI=1S/C16H20N2O2S/c1-11(9-17-16(2,3)4)10-18-14(19)12-7-5-6-8-13(12)21-15(18)20/h5-8,17H,1,9-10H2,2-4H3. The number of fused-ring (bicyclic) bond motifs is 1. The third-order valence-electron chi connectivity index (χ3n) is 3.03. The van der Waals surface area contributed by atoms with Crippen LogP contribution >= 0.6 is 11.3 Å². The monoisotopic (exact) mass is 304 g/mol. The van der Waals surface area contributed by atoms with Crippen LogP contribution in [0.25, 0.3) is 10.1 Å². The predicted molar refractivity (Wildman–Crippen MR) is 89.3 cm³/mol. The third kappa shape index (κ3) is 3.89. The van der Waals surface area contributed by atoms with Crippen LogP contribution in [0.2, 0.25) is 0 Å². The molecule has 2 aromatic rings. The fourth-order valence-corrected chi connectivity index (χ4v) is 2.77. The first-order valence-electron chi connectivity index (χ1n) is 6.82. The van der Waals surface area contributed by atoms with E-state index in [9.17, 15) is 9.59 Å². The highest BCUT2D eigenvalue weighted by atomic mass is 32.1. The molecule has 0 saturated heterocycles. The molecule has 0 aliphatic carbocycles. The number of hydrogen-bond acceptors (Lipinski definition) is 4. The quantitative estimate of drug-likeness (QED) is 0.882. The summed E-state index contributed by atoms with van der Waals surface area (Å²) in [6, 6.07) is 7.18. The number of nitrogens with zero attached hydrogens (tertiary/aromatic N) is 1. The van der Waals surface area contributed by atoms with Gasteiger partial charge < -0.3 is 5.32 Å². The third-order valence-corrected chi connectivity index (χ3v) is 4.00. The van der Waals surface area contributed by atoms with Crippen molar-refractivity contribution in [2.45, 2.75) is 32.9 Å². The van der Waals surface area contributed by atoms with E-state index in [0.29, 0.717) is 11.9 Å². The van der Waals surface area contributed by atoms with Crippen LogP contribution in [-0.4, -0.2) is 16.7 Å².